The van der Waals surface area contributed by atoms with Crippen molar-refractivity contribution < 1.29 is 29.4 Å². The van der Waals surface area contributed by atoms with Crippen molar-refractivity contribution in [2.75, 3.05) is 0 Å². The first-order chi connectivity index (χ1) is 21.8. The Morgan fingerprint density at radius 3 is 1.46 bits per heavy atom. The number of aromatic nitrogens is 4. The average Bonchev–Trinajstić information content (AvgIpc) is 3.67. The Bertz CT molecular complexity index is 2030. The number of nitrogens with one attached hydrogen (secondary N) is 2. The van der Waals surface area contributed by atoms with E-state index in [9.17, 15) is 29.4 Å². The van der Waals surface area contributed by atoms with Gasteiger partial charge in [0, 0.05) is 46.7 Å². The second kappa shape index (κ2) is 12.7. The van der Waals surface area contributed by atoms with E-state index in [-0.39, 0.29) is 25.7 Å². The van der Waals surface area contributed by atoms with Crippen molar-refractivity contribution in [3.05, 3.63) is 69.3 Å². The summed E-state index contributed by atoms with van der Waals surface area (Å²) in [4.78, 5) is 64.2. The van der Waals surface area contributed by atoms with E-state index < -0.39 is 23.8 Å². The summed E-state index contributed by atoms with van der Waals surface area (Å²) < 4.78 is 0. The van der Waals surface area contributed by atoms with Crippen LogP contribution in [0.5, 0.6) is 0 Å². The van der Waals surface area contributed by atoms with Crippen molar-refractivity contribution >= 4 is 68.9 Å². The zero-order valence-electron chi connectivity index (χ0n) is 26.9. The van der Waals surface area contributed by atoms with E-state index in [4.69, 9.17) is 9.97 Å². The van der Waals surface area contributed by atoms with E-state index in [1.165, 1.54) is 0 Å². The summed E-state index contributed by atoms with van der Waals surface area (Å²) >= 11 is 0. The van der Waals surface area contributed by atoms with Gasteiger partial charge < -0.3 is 29.8 Å². The molecular weight excluding hydrogens is 584 g/mol. The topological polar surface area (TPSA) is 166 Å². The van der Waals surface area contributed by atoms with Crippen LogP contribution < -0.4 is 0 Å². The number of hydrogen-bond acceptors (Lipinski definition) is 6. The molecule has 2 atom stereocenters. The van der Waals surface area contributed by atoms with E-state index in [0.717, 1.165) is 73.7 Å². The van der Waals surface area contributed by atoms with Crippen LogP contribution in [0.2, 0.25) is 0 Å². The van der Waals surface area contributed by atoms with Crippen LogP contribution in [0.1, 0.15) is 110 Å². The number of aliphatic carboxylic acids is 2. The molecule has 46 heavy (non-hydrogen) atoms. The van der Waals surface area contributed by atoms with E-state index in [0.29, 0.717) is 28.3 Å². The number of allylic oxidation sites excluding steroid dienone is 4. The number of H-pyrrole nitrogens is 2. The minimum absolute atomic E-state index is 0.0845. The summed E-state index contributed by atoms with van der Waals surface area (Å²) in [6.07, 6.45) is 2.14. The summed E-state index contributed by atoms with van der Waals surface area (Å²) in [5.74, 6) is -2.68. The van der Waals surface area contributed by atoms with Gasteiger partial charge in [-0.1, -0.05) is 13.8 Å². The van der Waals surface area contributed by atoms with Gasteiger partial charge in [0.2, 0.25) is 0 Å². The van der Waals surface area contributed by atoms with Crippen LogP contribution in [-0.4, -0.2) is 54.7 Å². The van der Waals surface area contributed by atoms with Crippen LogP contribution in [0.15, 0.2) is 24.3 Å². The van der Waals surface area contributed by atoms with Crippen molar-refractivity contribution in [3.63, 3.8) is 0 Å². The lowest BCUT2D eigenvalue weighted by atomic mass is 9.97. The first kappa shape index (κ1) is 32.3. The second-order valence-electron chi connectivity index (χ2n) is 12.2. The summed E-state index contributed by atoms with van der Waals surface area (Å²) in [6.45, 7) is 11.4. The molecule has 2 unspecified atom stereocenters. The molecule has 0 fully saturated rings. The van der Waals surface area contributed by atoms with Crippen LogP contribution in [0.4, 0.5) is 0 Å². The molecule has 3 aromatic rings. The zero-order valence-corrected chi connectivity index (χ0v) is 26.9. The molecule has 0 aromatic carbocycles. The van der Waals surface area contributed by atoms with Crippen molar-refractivity contribution in [2.24, 2.45) is 0 Å². The number of nitrogens with zero attached hydrogens (tertiary/aromatic N) is 2. The van der Waals surface area contributed by atoms with E-state index in [2.05, 4.69) is 9.97 Å². The van der Waals surface area contributed by atoms with Crippen molar-refractivity contribution in [2.45, 2.75) is 79.1 Å². The van der Waals surface area contributed by atoms with E-state index in [1.54, 1.807) is 0 Å². The van der Waals surface area contributed by atoms with Crippen molar-refractivity contribution in [1.82, 2.24) is 19.9 Å². The third-order valence-corrected chi connectivity index (χ3v) is 9.13. The number of rotatable bonds is 10. The Balaban J connectivity index is 1.97. The van der Waals surface area contributed by atoms with Gasteiger partial charge in [-0.25, -0.2) is 9.97 Å². The minimum Gasteiger partial charge on any atom is -0.481 e. The van der Waals surface area contributed by atoms with Crippen LogP contribution in [0, 0.1) is 13.8 Å². The molecule has 5 rings (SSSR count). The molecule has 0 radical (unpaired) electrons. The third kappa shape index (κ3) is 5.94. The van der Waals surface area contributed by atoms with Gasteiger partial charge in [0.05, 0.1) is 22.8 Å². The fourth-order valence-corrected chi connectivity index (χ4v) is 6.55. The maximum Gasteiger partial charge on any atom is 0.303 e. The summed E-state index contributed by atoms with van der Waals surface area (Å²) in [5, 5.41) is 19.0. The van der Waals surface area contributed by atoms with Gasteiger partial charge in [0.1, 0.15) is 12.6 Å². The second-order valence-corrected chi connectivity index (χ2v) is 12.2. The number of carboxylic acids is 2. The first-order valence-corrected chi connectivity index (χ1v) is 15.3. The number of carbonyl (C=O) groups excluding carboxylic acids is 2. The molecule has 2 aliphatic heterocycles. The maximum absolute atomic E-state index is 12.1. The Hall–Kier alpha value is -5.12. The van der Waals surface area contributed by atoms with Crippen LogP contribution in [0.25, 0.3) is 44.4 Å². The molecule has 0 saturated heterocycles. The standard InChI is InChI=1S/C36H38N4O6/c1-17(15-41)35-21(5)27-11-25-19(3)23(7-9-33(43)44)29(37-25)14-30-24(8-10-34(45)46)20(4)26(38-30)12-31-36(18(2)16-42)22(6)28(40-31)13-32(35)39-27/h11-18,39-40H,7-10H2,1-6H3,(H,43,44)(H,45,46). The fourth-order valence-electron chi connectivity index (χ4n) is 6.55. The maximum atomic E-state index is 12.1. The normalized spacial score (nSPS) is 14.4. The Morgan fingerprint density at radius 1 is 0.652 bits per heavy atom. The smallest absolute Gasteiger partial charge is 0.303 e. The molecular formula is C36H38N4O6. The van der Waals surface area contributed by atoms with Crippen LogP contribution >= 0.6 is 0 Å². The average molecular weight is 623 g/mol. The molecule has 0 amide bonds. The van der Waals surface area contributed by atoms with E-state index >= 15 is 0 Å². The molecule has 2 aliphatic rings. The molecule has 8 bridgehead atoms. The molecule has 0 saturated carbocycles. The molecule has 3 aromatic heterocycles. The lowest BCUT2D eigenvalue weighted by molar-refractivity contribution is -0.137. The number of carboxylic acid groups (broad SMARTS) is 2. The van der Waals surface area contributed by atoms with Gasteiger partial charge in [-0.3, -0.25) is 9.59 Å². The van der Waals surface area contributed by atoms with Gasteiger partial charge in [0.25, 0.3) is 0 Å². The molecule has 5 heterocycles. The lowest BCUT2D eigenvalue weighted by Crippen LogP contribution is -1.97. The van der Waals surface area contributed by atoms with Gasteiger partial charge in [-0.2, -0.15) is 0 Å². The highest BCUT2D eigenvalue weighted by Gasteiger charge is 2.24. The molecule has 10 heteroatoms. The quantitative estimate of drug-likeness (QED) is 0.173. The lowest BCUT2D eigenvalue weighted by Gasteiger charge is -2.05. The number of aromatic amines is 2. The van der Waals surface area contributed by atoms with E-state index in [1.807, 2.05) is 65.8 Å². The van der Waals surface area contributed by atoms with Crippen molar-refractivity contribution in [1.29, 1.82) is 0 Å². The summed E-state index contributed by atoms with van der Waals surface area (Å²) in [6, 6.07) is 7.57. The Labute approximate surface area is 266 Å². The van der Waals surface area contributed by atoms with Crippen LogP contribution in [0.3, 0.4) is 0 Å². The zero-order chi connectivity index (χ0) is 33.4. The first-order valence-electron chi connectivity index (χ1n) is 15.3. The highest BCUT2D eigenvalue weighted by Crippen LogP contribution is 2.39. The highest BCUT2D eigenvalue weighted by molar-refractivity contribution is 5.97. The minimum atomic E-state index is -0.928. The van der Waals surface area contributed by atoms with Gasteiger partial charge in [-0.15, -0.1) is 0 Å². The molecule has 4 N–H and O–H groups in total. The number of aldehydes is 2. The highest BCUT2D eigenvalue weighted by atomic mass is 16.4. The van der Waals surface area contributed by atoms with Crippen LogP contribution in [-0.2, 0) is 19.2 Å². The third-order valence-electron chi connectivity index (χ3n) is 9.13. The number of fused-ring (bicyclic) bond motifs is 8. The molecule has 238 valence electrons. The fraction of sp³-hybridized carbons (Fsp3) is 0.333. The molecule has 0 aliphatic carbocycles. The molecule has 0 spiro atoms. The monoisotopic (exact) mass is 622 g/mol. The number of aryl methyl sites for hydroxylation is 2. The summed E-state index contributed by atoms with van der Waals surface area (Å²) in [7, 11) is 0. The SMILES string of the molecule is CC1=C(CCC(=O)O)c2cc3nc(cc4[nH]c(cc5[nH]c(cc1n2)c(C)c5C(C)C=O)c(C)c4C(C)C=O)C(C)=C3CCC(=O)O. The molecule has 10 nitrogen and oxygen atoms in total. The predicted molar refractivity (Wildman–Crippen MR) is 178 cm³/mol. The number of hydrogen-bond donors (Lipinski definition) is 4. The Kier molecular flexibility index (Phi) is 8.92. The van der Waals surface area contributed by atoms with Gasteiger partial charge >= 0.3 is 11.9 Å². The summed E-state index contributed by atoms with van der Waals surface area (Å²) in [5.41, 5.74) is 12.1. The Morgan fingerprint density at radius 2 is 1.04 bits per heavy atom. The largest absolute Gasteiger partial charge is 0.481 e. The van der Waals surface area contributed by atoms with Gasteiger partial charge in [0.15, 0.2) is 0 Å². The number of carbonyl (C=O) groups is 4. The van der Waals surface area contributed by atoms with Crippen molar-refractivity contribution in [3.8, 4) is 0 Å². The predicted octanol–water partition coefficient (Wildman–Crippen LogP) is 7.13. The van der Waals surface area contributed by atoms with Gasteiger partial charge in [-0.05, 0) is 109 Å².